The maximum Gasteiger partial charge on any atom is 0.410 e. The third-order valence-corrected chi connectivity index (χ3v) is 5.14. The van der Waals surface area contributed by atoms with Gasteiger partial charge in [-0.3, -0.25) is 4.79 Å². The monoisotopic (exact) mass is 456 g/mol. The van der Waals surface area contributed by atoms with Crippen molar-refractivity contribution in [2.45, 2.75) is 65.7 Å². The maximum absolute atomic E-state index is 13.1. The minimum absolute atomic E-state index is 0.0495. The maximum atomic E-state index is 13.1. The summed E-state index contributed by atoms with van der Waals surface area (Å²) in [5.41, 5.74) is -0.347. The van der Waals surface area contributed by atoms with Crippen LogP contribution in [0.15, 0.2) is 18.2 Å². The number of piperidine rings is 1. The van der Waals surface area contributed by atoms with E-state index >= 15 is 0 Å². The Morgan fingerprint density at radius 2 is 1.91 bits per heavy atom. The van der Waals surface area contributed by atoms with Gasteiger partial charge in [0.1, 0.15) is 5.60 Å². The van der Waals surface area contributed by atoms with Gasteiger partial charge in [-0.1, -0.05) is 0 Å². The summed E-state index contributed by atoms with van der Waals surface area (Å²) in [4.78, 5) is 29.1. The number of carbonyl (C=O) groups is 2. The first kappa shape index (κ1) is 25.7. The van der Waals surface area contributed by atoms with E-state index < -0.39 is 12.2 Å². The van der Waals surface area contributed by atoms with Gasteiger partial charge < -0.3 is 24.0 Å². The Hall–Kier alpha value is -2.58. The Labute approximate surface area is 188 Å². The largest absolute Gasteiger partial charge is 0.493 e. The van der Waals surface area contributed by atoms with Crippen molar-refractivity contribution < 1.29 is 32.6 Å². The molecule has 0 aromatic heterocycles. The Bertz CT molecular complexity index is 795. The molecule has 1 fully saturated rings. The van der Waals surface area contributed by atoms with Crippen molar-refractivity contribution in [3.8, 4) is 11.5 Å². The molecule has 0 saturated carbocycles. The van der Waals surface area contributed by atoms with E-state index in [9.17, 15) is 18.4 Å². The highest BCUT2D eigenvalue weighted by atomic mass is 19.3. The minimum Gasteiger partial charge on any atom is -0.493 e. The average Bonchev–Trinajstić information content (AvgIpc) is 2.69. The third-order valence-electron chi connectivity index (χ3n) is 5.14. The van der Waals surface area contributed by atoms with Gasteiger partial charge in [-0.15, -0.1) is 0 Å². The highest BCUT2D eigenvalue weighted by Gasteiger charge is 2.31. The van der Waals surface area contributed by atoms with E-state index in [1.807, 2.05) is 34.6 Å². The van der Waals surface area contributed by atoms with Crippen LogP contribution in [0.1, 0.15) is 57.8 Å². The number of hydrogen-bond donors (Lipinski definition) is 0. The molecule has 180 valence electrons. The van der Waals surface area contributed by atoms with Crippen molar-refractivity contribution in [2.75, 3.05) is 26.7 Å². The molecular formula is C23H34F2N2O5. The molecule has 1 saturated heterocycles. The van der Waals surface area contributed by atoms with Crippen molar-refractivity contribution >= 4 is 12.0 Å². The standard InChI is InChI=1S/C23H34F2N2O5/c1-15(2)27(22(29)32-23(3,4)5)14-16-8-7-11-26(13-16)20(28)17-9-10-18(30-6)19(12-17)31-21(24)25/h9-10,12,15-16,21H,7-8,11,13-14H2,1-6H3. The number of rotatable bonds is 7. The van der Waals surface area contributed by atoms with Crippen LogP contribution in [0.4, 0.5) is 13.6 Å². The van der Waals surface area contributed by atoms with E-state index in [0.717, 1.165) is 12.8 Å². The zero-order valence-electron chi connectivity index (χ0n) is 19.7. The summed E-state index contributed by atoms with van der Waals surface area (Å²) in [5.74, 6) is -0.247. The van der Waals surface area contributed by atoms with Crippen LogP contribution < -0.4 is 9.47 Å². The number of amides is 2. The molecule has 2 amide bonds. The Kier molecular flexibility index (Phi) is 8.69. The zero-order chi connectivity index (χ0) is 24.1. The first-order chi connectivity index (χ1) is 14.9. The van der Waals surface area contributed by atoms with Gasteiger partial charge in [0, 0.05) is 31.2 Å². The van der Waals surface area contributed by atoms with Crippen LogP contribution in [0.2, 0.25) is 0 Å². The Morgan fingerprint density at radius 1 is 1.22 bits per heavy atom. The van der Waals surface area contributed by atoms with E-state index in [-0.39, 0.29) is 41.0 Å². The summed E-state index contributed by atoms with van der Waals surface area (Å²) in [7, 11) is 1.34. The van der Waals surface area contributed by atoms with Gasteiger partial charge in [0.15, 0.2) is 11.5 Å². The van der Waals surface area contributed by atoms with Crippen molar-refractivity contribution in [1.82, 2.24) is 9.80 Å². The zero-order valence-corrected chi connectivity index (χ0v) is 19.7. The molecule has 1 aromatic carbocycles. The second-order valence-electron chi connectivity index (χ2n) is 9.23. The Balaban J connectivity index is 2.11. The predicted molar refractivity (Wildman–Crippen MR) is 116 cm³/mol. The lowest BCUT2D eigenvalue weighted by Crippen LogP contribution is -2.48. The molecule has 1 aliphatic rings. The normalized spacial score (nSPS) is 16.8. The van der Waals surface area contributed by atoms with Gasteiger partial charge in [-0.25, -0.2) is 4.79 Å². The second kappa shape index (κ2) is 10.8. The molecule has 32 heavy (non-hydrogen) atoms. The molecule has 0 spiro atoms. The van der Waals surface area contributed by atoms with E-state index in [2.05, 4.69) is 4.74 Å². The van der Waals surface area contributed by atoms with Crippen molar-refractivity contribution in [3.05, 3.63) is 23.8 Å². The lowest BCUT2D eigenvalue weighted by Gasteiger charge is -2.37. The number of alkyl halides is 2. The molecule has 2 rings (SSSR count). The predicted octanol–water partition coefficient (Wildman–Crippen LogP) is 4.79. The molecule has 0 N–H and O–H groups in total. The summed E-state index contributed by atoms with van der Waals surface area (Å²) in [6, 6.07) is 4.20. The van der Waals surface area contributed by atoms with Gasteiger partial charge in [0.05, 0.1) is 7.11 Å². The van der Waals surface area contributed by atoms with Gasteiger partial charge >= 0.3 is 12.7 Å². The Morgan fingerprint density at radius 3 is 2.47 bits per heavy atom. The summed E-state index contributed by atoms with van der Waals surface area (Å²) < 4.78 is 40.5. The van der Waals surface area contributed by atoms with Crippen LogP contribution in [-0.4, -0.2) is 66.8 Å². The topological polar surface area (TPSA) is 68.3 Å². The molecule has 0 aliphatic carbocycles. The van der Waals surface area contributed by atoms with Gasteiger partial charge in [-0.05, 0) is 71.6 Å². The van der Waals surface area contributed by atoms with Gasteiger partial charge in [0.25, 0.3) is 5.91 Å². The number of nitrogens with zero attached hydrogens (tertiary/aromatic N) is 2. The number of benzene rings is 1. The molecular weight excluding hydrogens is 422 g/mol. The first-order valence-corrected chi connectivity index (χ1v) is 10.8. The minimum atomic E-state index is -3.02. The number of methoxy groups -OCH3 is 1. The highest BCUT2D eigenvalue weighted by molar-refractivity contribution is 5.95. The molecule has 1 atom stereocenters. The van der Waals surface area contributed by atoms with Crippen molar-refractivity contribution in [1.29, 1.82) is 0 Å². The average molecular weight is 457 g/mol. The van der Waals surface area contributed by atoms with E-state index in [4.69, 9.17) is 9.47 Å². The van der Waals surface area contributed by atoms with Crippen LogP contribution >= 0.6 is 0 Å². The van der Waals surface area contributed by atoms with Crippen LogP contribution in [0.5, 0.6) is 11.5 Å². The van der Waals surface area contributed by atoms with Crippen LogP contribution in [0, 0.1) is 5.92 Å². The summed E-state index contributed by atoms with van der Waals surface area (Å²) in [6.07, 6.45) is 1.28. The SMILES string of the molecule is COc1ccc(C(=O)N2CCCC(CN(C(=O)OC(C)(C)C)C(C)C)C2)cc1OC(F)F. The quantitative estimate of drug-likeness (QED) is 0.590. The van der Waals surface area contributed by atoms with Gasteiger partial charge in [0.2, 0.25) is 0 Å². The van der Waals surface area contributed by atoms with E-state index in [1.54, 1.807) is 9.80 Å². The molecule has 9 heteroatoms. The molecule has 1 aromatic rings. The third kappa shape index (κ3) is 7.24. The van der Waals surface area contributed by atoms with E-state index in [0.29, 0.717) is 19.6 Å². The second-order valence-corrected chi connectivity index (χ2v) is 9.23. The fraction of sp³-hybridized carbons (Fsp3) is 0.652. The molecule has 7 nitrogen and oxygen atoms in total. The molecule has 0 radical (unpaired) electrons. The number of carbonyl (C=O) groups excluding carboxylic acids is 2. The van der Waals surface area contributed by atoms with Crippen LogP contribution in [0.3, 0.4) is 0 Å². The summed E-state index contributed by atoms with van der Waals surface area (Å²) in [5, 5.41) is 0. The number of hydrogen-bond acceptors (Lipinski definition) is 5. The van der Waals surface area contributed by atoms with Crippen LogP contribution in [-0.2, 0) is 4.74 Å². The fourth-order valence-corrected chi connectivity index (χ4v) is 3.67. The summed E-state index contributed by atoms with van der Waals surface area (Å²) >= 11 is 0. The lowest BCUT2D eigenvalue weighted by molar-refractivity contribution is -0.0512. The molecule has 1 aliphatic heterocycles. The number of ether oxygens (including phenoxy) is 3. The van der Waals surface area contributed by atoms with Crippen molar-refractivity contribution in [3.63, 3.8) is 0 Å². The smallest absolute Gasteiger partial charge is 0.410 e. The van der Waals surface area contributed by atoms with Crippen LogP contribution in [0.25, 0.3) is 0 Å². The van der Waals surface area contributed by atoms with Gasteiger partial charge in [-0.2, -0.15) is 8.78 Å². The number of halogens is 2. The molecule has 0 bridgehead atoms. The van der Waals surface area contributed by atoms with E-state index in [1.165, 1.54) is 25.3 Å². The number of likely N-dealkylation sites (tertiary alicyclic amines) is 1. The fourth-order valence-electron chi connectivity index (χ4n) is 3.67. The highest BCUT2D eigenvalue weighted by Crippen LogP contribution is 2.31. The van der Waals surface area contributed by atoms with Crippen molar-refractivity contribution in [2.24, 2.45) is 5.92 Å². The molecule has 1 heterocycles. The summed E-state index contributed by atoms with van der Waals surface area (Å²) in [6.45, 7) is 7.79. The first-order valence-electron chi connectivity index (χ1n) is 10.8. The lowest BCUT2D eigenvalue weighted by atomic mass is 9.96. The molecule has 1 unspecified atom stereocenters.